The van der Waals surface area contributed by atoms with Crippen LogP contribution in [-0.4, -0.2) is 18.8 Å². The second-order valence-corrected chi connectivity index (χ2v) is 4.32. The van der Waals surface area contributed by atoms with E-state index in [2.05, 4.69) is 4.99 Å². The van der Waals surface area contributed by atoms with Gasteiger partial charge in [-0.15, -0.1) is 11.3 Å². The number of nitrogens with zero attached hydrogens (tertiary/aromatic N) is 2. The van der Waals surface area contributed by atoms with Gasteiger partial charge in [-0.1, -0.05) is 0 Å². The number of hydrogen-bond donors (Lipinski definition) is 0. The molecule has 0 aliphatic carbocycles. The molecule has 0 amide bonds. The molecule has 0 radical (unpaired) electrons. The average molecular weight is 250 g/mol. The van der Waals surface area contributed by atoms with E-state index in [-0.39, 0.29) is 0 Å². The molecule has 0 N–H and O–H groups in total. The van der Waals surface area contributed by atoms with Crippen LogP contribution >= 0.6 is 11.3 Å². The quantitative estimate of drug-likeness (QED) is 0.838. The number of aryl methyl sites for hydroxylation is 1. The molecule has 0 saturated heterocycles. The van der Waals surface area contributed by atoms with Gasteiger partial charge in [0.2, 0.25) is 0 Å². The first kappa shape index (κ1) is 11.7. The Kier molecular flexibility index (Phi) is 3.49. The Morgan fingerprint density at radius 1 is 1.24 bits per heavy atom. The van der Waals surface area contributed by atoms with Gasteiger partial charge in [0, 0.05) is 24.7 Å². The normalized spacial score (nSPS) is 11.6. The molecular formula is C12H14N2O2S. The lowest BCUT2D eigenvalue weighted by molar-refractivity contribution is 0.395. The number of aromatic nitrogens is 1. The molecule has 2 aromatic rings. The molecule has 0 atom stereocenters. The Labute approximate surface area is 104 Å². The molecule has 1 heterocycles. The maximum atomic E-state index is 5.30. The largest absolute Gasteiger partial charge is 0.497 e. The van der Waals surface area contributed by atoms with Crippen molar-refractivity contribution in [1.82, 2.24) is 4.57 Å². The molecule has 4 nitrogen and oxygen atoms in total. The monoisotopic (exact) mass is 250 g/mol. The summed E-state index contributed by atoms with van der Waals surface area (Å²) in [6, 6.07) is 5.58. The Hall–Kier alpha value is -1.75. The molecule has 0 aliphatic rings. The van der Waals surface area contributed by atoms with Crippen LogP contribution in [0.2, 0.25) is 0 Å². The van der Waals surface area contributed by atoms with Crippen LogP contribution in [0.5, 0.6) is 11.5 Å². The third-order valence-electron chi connectivity index (χ3n) is 2.36. The second kappa shape index (κ2) is 5.05. The van der Waals surface area contributed by atoms with Gasteiger partial charge >= 0.3 is 0 Å². The summed E-state index contributed by atoms with van der Waals surface area (Å²) in [6.07, 6.45) is 1.97. The van der Waals surface area contributed by atoms with Gasteiger partial charge in [0.15, 0.2) is 4.80 Å². The standard InChI is InChI=1S/C12H14N2O2S/c1-14-6-7-17-12(14)13-10-5-4-9(15-2)8-11(10)16-3/h4-8H,1-3H3. The van der Waals surface area contributed by atoms with Crippen molar-refractivity contribution in [1.29, 1.82) is 0 Å². The number of benzene rings is 1. The summed E-state index contributed by atoms with van der Waals surface area (Å²) in [7, 11) is 5.22. The molecule has 1 aromatic carbocycles. The van der Waals surface area contributed by atoms with E-state index in [0.717, 1.165) is 16.2 Å². The zero-order valence-electron chi connectivity index (χ0n) is 10.0. The van der Waals surface area contributed by atoms with E-state index >= 15 is 0 Å². The van der Waals surface area contributed by atoms with Gasteiger partial charge < -0.3 is 14.0 Å². The topological polar surface area (TPSA) is 35.8 Å². The van der Waals surface area contributed by atoms with Crippen molar-refractivity contribution in [2.24, 2.45) is 12.0 Å². The predicted molar refractivity (Wildman–Crippen MR) is 68.1 cm³/mol. The van der Waals surface area contributed by atoms with Crippen LogP contribution in [0.4, 0.5) is 5.69 Å². The highest BCUT2D eigenvalue weighted by Gasteiger charge is 2.03. The third kappa shape index (κ3) is 2.50. The molecule has 0 bridgehead atoms. The molecule has 0 aliphatic heterocycles. The van der Waals surface area contributed by atoms with Crippen molar-refractivity contribution in [3.05, 3.63) is 34.6 Å². The summed E-state index contributed by atoms with van der Waals surface area (Å²) in [5.74, 6) is 1.47. The Morgan fingerprint density at radius 3 is 2.65 bits per heavy atom. The fourth-order valence-corrected chi connectivity index (χ4v) is 2.16. The summed E-state index contributed by atoms with van der Waals surface area (Å²) in [4.78, 5) is 5.47. The fraction of sp³-hybridized carbons (Fsp3) is 0.250. The molecule has 90 valence electrons. The van der Waals surface area contributed by atoms with Crippen LogP contribution in [0, 0.1) is 0 Å². The number of thiazole rings is 1. The van der Waals surface area contributed by atoms with Crippen LogP contribution in [0.15, 0.2) is 34.8 Å². The van der Waals surface area contributed by atoms with Crippen molar-refractivity contribution in [2.75, 3.05) is 14.2 Å². The SMILES string of the molecule is COc1ccc(N=c2sccn2C)c(OC)c1. The molecule has 2 rings (SSSR count). The molecule has 0 unspecified atom stereocenters. The van der Waals surface area contributed by atoms with E-state index < -0.39 is 0 Å². The third-order valence-corrected chi connectivity index (χ3v) is 3.21. The van der Waals surface area contributed by atoms with Gasteiger partial charge in [-0.2, -0.15) is 0 Å². The molecule has 1 aromatic heterocycles. The molecule has 0 fully saturated rings. The van der Waals surface area contributed by atoms with Gasteiger partial charge in [0.25, 0.3) is 0 Å². The minimum Gasteiger partial charge on any atom is -0.497 e. The number of hydrogen-bond acceptors (Lipinski definition) is 4. The molecule has 5 heteroatoms. The highest BCUT2D eigenvalue weighted by molar-refractivity contribution is 7.07. The number of ether oxygens (including phenoxy) is 2. The lowest BCUT2D eigenvalue weighted by Gasteiger charge is -2.06. The highest BCUT2D eigenvalue weighted by Crippen LogP contribution is 2.30. The number of rotatable bonds is 3. The smallest absolute Gasteiger partial charge is 0.189 e. The average Bonchev–Trinajstić information content (AvgIpc) is 2.75. The molecule has 17 heavy (non-hydrogen) atoms. The summed E-state index contributed by atoms with van der Waals surface area (Å²) in [6.45, 7) is 0. The first-order chi connectivity index (χ1) is 8.24. The van der Waals surface area contributed by atoms with Gasteiger partial charge in [0.1, 0.15) is 17.2 Å². The van der Waals surface area contributed by atoms with Crippen molar-refractivity contribution in [3.63, 3.8) is 0 Å². The Morgan fingerprint density at radius 2 is 2.06 bits per heavy atom. The van der Waals surface area contributed by atoms with E-state index in [0.29, 0.717) is 5.75 Å². The Balaban J connectivity index is 2.50. The van der Waals surface area contributed by atoms with Crippen LogP contribution in [0.1, 0.15) is 0 Å². The van der Waals surface area contributed by atoms with E-state index in [1.807, 2.05) is 41.4 Å². The van der Waals surface area contributed by atoms with Gasteiger partial charge in [-0.3, -0.25) is 0 Å². The zero-order valence-corrected chi connectivity index (χ0v) is 10.8. The summed E-state index contributed by atoms with van der Waals surface area (Å²) in [5.41, 5.74) is 0.798. The predicted octanol–water partition coefficient (Wildman–Crippen LogP) is 2.34. The Bertz CT molecular complexity index is 572. The minimum absolute atomic E-state index is 0.706. The molecule has 0 spiro atoms. The maximum absolute atomic E-state index is 5.30. The lowest BCUT2D eigenvalue weighted by atomic mass is 10.3. The maximum Gasteiger partial charge on any atom is 0.189 e. The van der Waals surface area contributed by atoms with Gasteiger partial charge in [0.05, 0.1) is 14.2 Å². The fourth-order valence-electron chi connectivity index (χ4n) is 1.42. The highest BCUT2D eigenvalue weighted by atomic mass is 32.1. The summed E-state index contributed by atoms with van der Waals surface area (Å²) < 4.78 is 12.4. The van der Waals surface area contributed by atoms with E-state index in [1.54, 1.807) is 25.6 Å². The second-order valence-electron chi connectivity index (χ2n) is 3.45. The van der Waals surface area contributed by atoms with Gasteiger partial charge in [-0.05, 0) is 12.1 Å². The first-order valence-electron chi connectivity index (χ1n) is 5.11. The van der Waals surface area contributed by atoms with Crippen molar-refractivity contribution >= 4 is 17.0 Å². The van der Waals surface area contributed by atoms with E-state index in [9.17, 15) is 0 Å². The van der Waals surface area contributed by atoms with Crippen LogP contribution in [-0.2, 0) is 7.05 Å². The van der Waals surface area contributed by atoms with Crippen molar-refractivity contribution in [2.45, 2.75) is 0 Å². The minimum atomic E-state index is 0.706. The van der Waals surface area contributed by atoms with Gasteiger partial charge in [-0.25, -0.2) is 4.99 Å². The van der Waals surface area contributed by atoms with Crippen LogP contribution in [0.25, 0.3) is 0 Å². The van der Waals surface area contributed by atoms with Crippen molar-refractivity contribution in [3.8, 4) is 11.5 Å². The van der Waals surface area contributed by atoms with Crippen molar-refractivity contribution < 1.29 is 9.47 Å². The number of methoxy groups -OCH3 is 2. The molecule has 0 saturated carbocycles. The van der Waals surface area contributed by atoms with E-state index in [4.69, 9.17) is 9.47 Å². The van der Waals surface area contributed by atoms with Crippen LogP contribution < -0.4 is 14.3 Å². The van der Waals surface area contributed by atoms with Crippen LogP contribution in [0.3, 0.4) is 0 Å². The molecular weight excluding hydrogens is 236 g/mol. The summed E-state index contributed by atoms with van der Waals surface area (Å²) in [5, 5.41) is 1.99. The lowest BCUT2D eigenvalue weighted by Crippen LogP contribution is -2.08. The summed E-state index contributed by atoms with van der Waals surface area (Å²) >= 11 is 1.58. The van der Waals surface area contributed by atoms with E-state index in [1.165, 1.54) is 0 Å². The first-order valence-corrected chi connectivity index (χ1v) is 5.99. The zero-order chi connectivity index (χ0) is 12.3.